The van der Waals surface area contributed by atoms with E-state index in [0.29, 0.717) is 13.1 Å². The van der Waals surface area contributed by atoms with Crippen LogP contribution >= 0.6 is 11.3 Å². The molecule has 0 saturated carbocycles. The molecule has 0 saturated heterocycles. The number of hydrogen-bond donors (Lipinski definition) is 2. The third-order valence-electron chi connectivity index (χ3n) is 2.79. The first-order chi connectivity index (χ1) is 9.63. The van der Waals surface area contributed by atoms with E-state index in [1.54, 1.807) is 11.3 Å². The van der Waals surface area contributed by atoms with Crippen molar-refractivity contribution in [2.24, 2.45) is 0 Å². The van der Waals surface area contributed by atoms with Gasteiger partial charge in [-0.25, -0.2) is 4.98 Å². The van der Waals surface area contributed by atoms with Crippen molar-refractivity contribution < 1.29 is 9.84 Å². The van der Waals surface area contributed by atoms with Gasteiger partial charge in [-0.2, -0.15) is 0 Å². The van der Waals surface area contributed by atoms with E-state index in [2.05, 4.69) is 10.3 Å². The number of nitrogens with one attached hydrogen (secondary N) is 1. The molecule has 0 radical (unpaired) electrons. The molecular formula is C15H20N2O2S. The summed E-state index contributed by atoms with van der Waals surface area (Å²) in [6.45, 7) is 5.46. The van der Waals surface area contributed by atoms with Crippen LogP contribution in [0, 0.1) is 13.8 Å². The molecule has 2 rings (SSSR count). The van der Waals surface area contributed by atoms with E-state index in [4.69, 9.17) is 4.74 Å². The van der Waals surface area contributed by atoms with Crippen LogP contribution in [0.4, 0.5) is 0 Å². The van der Waals surface area contributed by atoms with Crippen LogP contribution in [0.25, 0.3) is 0 Å². The number of hydrogen-bond acceptors (Lipinski definition) is 5. The van der Waals surface area contributed by atoms with Gasteiger partial charge in [-0.15, -0.1) is 11.3 Å². The smallest absolute Gasteiger partial charge is 0.119 e. The van der Waals surface area contributed by atoms with Gasteiger partial charge in [-0.3, -0.25) is 0 Å². The molecule has 2 aromatic rings. The number of benzene rings is 1. The molecule has 1 atom stereocenters. The lowest BCUT2D eigenvalue weighted by atomic mass is 10.2. The van der Waals surface area contributed by atoms with Gasteiger partial charge in [-0.05, 0) is 26.0 Å². The van der Waals surface area contributed by atoms with Crippen LogP contribution in [0.2, 0.25) is 0 Å². The van der Waals surface area contributed by atoms with E-state index in [1.807, 2.05) is 43.5 Å². The second kappa shape index (κ2) is 7.38. The number of nitrogens with zero attached hydrogens (tertiary/aromatic N) is 1. The summed E-state index contributed by atoms with van der Waals surface area (Å²) in [5.41, 5.74) is 2.23. The maximum absolute atomic E-state index is 9.84. The predicted octanol–water partition coefficient (Wildman–Crippen LogP) is 2.29. The van der Waals surface area contributed by atoms with Gasteiger partial charge in [0.25, 0.3) is 0 Å². The van der Waals surface area contributed by atoms with E-state index in [0.717, 1.165) is 16.5 Å². The largest absolute Gasteiger partial charge is 0.491 e. The number of aromatic nitrogens is 1. The number of ether oxygens (including phenoxy) is 1. The van der Waals surface area contributed by atoms with Crippen LogP contribution in [0.3, 0.4) is 0 Å². The van der Waals surface area contributed by atoms with E-state index < -0.39 is 6.10 Å². The van der Waals surface area contributed by atoms with Crippen LogP contribution in [0.1, 0.15) is 16.3 Å². The van der Waals surface area contributed by atoms with Crippen molar-refractivity contribution in [1.29, 1.82) is 0 Å². The highest BCUT2D eigenvalue weighted by atomic mass is 32.1. The van der Waals surface area contributed by atoms with Crippen molar-refractivity contribution in [1.82, 2.24) is 10.3 Å². The molecule has 1 heterocycles. The Balaban J connectivity index is 1.65. The van der Waals surface area contributed by atoms with Crippen molar-refractivity contribution in [3.63, 3.8) is 0 Å². The first-order valence-electron chi connectivity index (χ1n) is 6.63. The number of aliphatic hydroxyl groups excluding tert-OH is 1. The second-order valence-corrected chi connectivity index (χ2v) is 5.73. The fraction of sp³-hybridized carbons (Fsp3) is 0.400. The van der Waals surface area contributed by atoms with E-state index in [-0.39, 0.29) is 6.61 Å². The molecule has 1 aromatic carbocycles. The Bertz CT molecular complexity index is 525. The molecular weight excluding hydrogens is 272 g/mol. The Morgan fingerprint density at radius 1 is 1.30 bits per heavy atom. The molecule has 4 nitrogen and oxygen atoms in total. The van der Waals surface area contributed by atoms with Gasteiger partial charge in [0.1, 0.15) is 23.5 Å². The van der Waals surface area contributed by atoms with E-state index >= 15 is 0 Å². The molecule has 0 bridgehead atoms. The molecule has 0 fully saturated rings. The lowest BCUT2D eigenvalue weighted by molar-refractivity contribution is 0.106. The van der Waals surface area contributed by atoms with Crippen LogP contribution in [-0.2, 0) is 6.54 Å². The number of thiazole rings is 1. The fourth-order valence-corrected chi connectivity index (χ4v) is 2.46. The van der Waals surface area contributed by atoms with Crippen molar-refractivity contribution in [3.05, 3.63) is 45.9 Å². The lowest BCUT2D eigenvalue weighted by Gasteiger charge is -2.13. The topological polar surface area (TPSA) is 54.4 Å². The van der Waals surface area contributed by atoms with Crippen molar-refractivity contribution in [3.8, 4) is 5.75 Å². The maximum atomic E-state index is 9.84. The quantitative estimate of drug-likeness (QED) is 0.822. The average molecular weight is 292 g/mol. The highest BCUT2D eigenvalue weighted by molar-refractivity contribution is 7.09. The zero-order chi connectivity index (χ0) is 14.4. The molecule has 2 N–H and O–H groups in total. The van der Waals surface area contributed by atoms with Gasteiger partial charge >= 0.3 is 0 Å². The van der Waals surface area contributed by atoms with Gasteiger partial charge < -0.3 is 15.2 Å². The molecule has 0 aliphatic rings. The fourth-order valence-electron chi connectivity index (χ4n) is 1.72. The minimum atomic E-state index is -0.530. The molecule has 5 heteroatoms. The molecule has 1 aromatic heterocycles. The van der Waals surface area contributed by atoms with Crippen LogP contribution in [0.5, 0.6) is 5.75 Å². The summed E-state index contributed by atoms with van der Waals surface area (Å²) in [7, 11) is 0. The predicted molar refractivity (Wildman–Crippen MR) is 81.2 cm³/mol. The van der Waals surface area contributed by atoms with Gasteiger partial charge in [0.2, 0.25) is 0 Å². The van der Waals surface area contributed by atoms with Gasteiger partial charge in [0, 0.05) is 24.2 Å². The SMILES string of the molecule is Cc1ccc(OCC(O)CNCc2nc(C)cs2)cc1. The highest BCUT2D eigenvalue weighted by Gasteiger charge is 2.06. The molecule has 0 aliphatic carbocycles. The Morgan fingerprint density at radius 3 is 2.70 bits per heavy atom. The van der Waals surface area contributed by atoms with Crippen molar-refractivity contribution in [2.45, 2.75) is 26.5 Å². The van der Waals surface area contributed by atoms with Gasteiger partial charge in [0.05, 0.1) is 0 Å². The second-order valence-electron chi connectivity index (χ2n) is 4.79. The normalized spacial score (nSPS) is 12.3. The molecule has 0 spiro atoms. The standard InChI is InChI=1S/C15H20N2O2S/c1-11-3-5-14(6-4-11)19-9-13(18)7-16-8-15-17-12(2)10-20-15/h3-6,10,13,16,18H,7-9H2,1-2H3. The summed E-state index contributed by atoms with van der Waals surface area (Å²) >= 11 is 1.63. The Hall–Kier alpha value is -1.43. The minimum Gasteiger partial charge on any atom is -0.491 e. The zero-order valence-electron chi connectivity index (χ0n) is 11.8. The van der Waals surface area contributed by atoms with Crippen LogP contribution in [0.15, 0.2) is 29.6 Å². The summed E-state index contributed by atoms with van der Waals surface area (Å²) < 4.78 is 5.53. The summed E-state index contributed by atoms with van der Waals surface area (Å²) in [6, 6.07) is 7.80. The van der Waals surface area contributed by atoms with E-state index in [9.17, 15) is 5.11 Å². The molecule has 108 valence electrons. The van der Waals surface area contributed by atoms with Crippen molar-refractivity contribution in [2.75, 3.05) is 13.2 Å². The monoisotopic (exact) mass is 292 g/mol. The number of aryl methyl sites for hydroxylation is 2. The molecule has 0 amide bonds. The summed E-state index contributed by atoms with van der Waals surface area (Å²) in [5, 5.41) is 16.1. The third kappa shape index (κ3) is 4.92. The summed E-state index contributed by atoms with van der Waals surface area (Å²) in [4.78, 5) is 4.35. The number of aliphatic hydroxyl groups is 1. The summed E-state index contributed by atoms with van der Waals surface area (Å²) in [6.07, 6.45) is -0.530. The molecule has 0 aliphatic heterocycles. The first-order valence-corrected chi connectivity index (χ1v) is 7.50. The molecule has 1 unspecified atom stereocenters. The third-order valence-corrected chi connectivity index (χ3v) is 3.75. The van der Waals surface area contributed by atoms with E-state index in [1.165, 1.54) is 5.56 Å². The minimum absolute atomic E-state index is 0.285. The van der Waals surface area contributed by atoms with Gasteiger partial charge in [0.15, 0.2) is 0 Å². The van der Waals surface area contributed by atoms with Crippen LogP contribution in [-0.4, -0.2) is 29.3 Å². The lowest BCUT2D eigenvalue weighted by Crippen LogP contribution is -2.31. The highest BCUT2D eigenvalue weighted by Crippen LogP contribution is 2.11. The molecule has 20 heavy (non-hydrogen) atoms. The first kappa shape index (κ1) is 15.0. The number of rotatable bonds is 7. The summed E-state index contributed by atoms with van der Waals surface area (Å²) in [5.74, 6) is 0.783. The Labute approximate surface area is 123 Å². The Morgan fingerprint density at radius 2 is 2.05 bits per heavy atom. The van der Waals surface area contributed by atoms with Crippen molar-refractivity contribution >= 4 is 11.3 Å². The Kier molecular flexibility index (Phi) is 5.52. The average Bonchev–Trinajstić information content (AvgIpc) is 2.84. The zero-order valence-corrected chi connectivity index (χ0v) is 12.6. The maximum Gasteiger partial charge on any atom is 0.119 e. The van der Waals surface area contributed by atoms with Crippen LogP contribution < -0.4 is 10.1 Å². The van der Waals surface area contributed by atoms with Gasteiger partial charge in [-0.1, -0.05) is 17.7 Å².